The van der Waals surface area contributed by atoms with Crippen LogP contribution in [-0.2, 0) is 18.6 Å². The first-order valence-corrected chi connectivity index (χ1v) is 14.7. The summed E-state index contributed by atoms with van der Waals surface area (Å²) in [6.07, 6.45) is 7.14. The molecule has 0 radical (unpaired) electrons. The van der Waals surface area contributed by atoms with Crippen LogP contribution >= 0.6 is 15.9 Å². The van der Waals surface area contributed by atoms with Crippen molar-refractivity contribution in [2.75, 3.05) is 19.8 Å². The third-order valence-electron chi connectivity index (χ3n) is 6.77. The van der Waals surface area contributed by atoms with Crippen LogP contribution in [-0.4, -0.2) is 46.6 Å². The zero-order valence-electron chi connectivity index (χ0n) is 19.0. The second kappa shape index (κ2) is 11.1. The van der Waals surface area contributed by atoms with Crippen LogP contribution in [0.1, 0.15) is 52.9 Å². The van der Waals surface area contributed by atoms with Gasteiger partial charge in [0.25, 0.3) is 0 Å². The maximum Gasteiger partial charge on any atom is 0.191 e. The fourth-order valence-corrected chi connectivity index (χ4v) is 5.13. The topological polar surface area (TPSA) is 36.9 Å². The Morgan fingerprint density at radius 3 is 2.48 bits per heavy atom. The summed E-state index contributed by atoms with van der Waals surface area (Å²) in [6, 6.07) is 0. The minimum Gasteiger partial charge on any atom is -0.416 e. The summed E-state index contributed by atoms with van der Waals surface area (Å²) >= 11 is 3.42. The van der Waals surface area contributed by atoms with Gasteiger partial charge in [0, 0.05) is 30.0 Å². The third kappa shape index (κ3) is 7.29. The number of hydrogen-bond donors (Lipinski definition) is 0. The van der Waals surface area contributed by atoms with Crippen LogP contribution in [0.15, 0.2) is 23.7 Å². The van der Waals surface area contributed by atoms with Gasteiger partial charge in [0.1, 0.15) is 0 Å². The highest BCUT2D eigenvalue weighted by atomic mass is 79.9. The van der Waals surface area contributed by atoms with E-state index in [-0.39, 0.29) is 29.5 Å². The standard InChI is InChI=1S/C23H41BrO4Si/c1-8-11-18-19(16-27-29(6,7)23(3,4)5)21(14-20(18)26-15-17(2)24)28-22-12-9-10-13-25-22/h8,18-22H,1-2,9-16H2,3-7H3/t18-,19-,20+,21+,22?/m1/s1. The van der Waals surface area contributed by atoms with Crippen molar-refractivity contribution < 1.29 is 18.6 Å². The van der Waals surface area contributed by atoms with Crippen molar-refractivity contribution in [3.8, 4) is 0 Å². The van der Waals surface area contributed by atoms with E-state index in [1.54, 1.807) is 0 Å². The molecule has 0 amide bonds. The van der Waals surface area contributed by atoms with Crippen molar-refractivity contribution in [1.82, 2.24) is 0 Å². The van der Waals surface area contributed by atoms with Crippen LogP contribution in [0.5, 0.6) is 0 Å². The van der Waals surface area contributed by atoms with Gasteiger partial charge in [-0.2, -0.15) is 0 Å². The monoisotopic (exact) mass is 488 g/mol. The predicted molar refractivity (Wildman–Crippen MR) is 126 cm³/mol. The van der Waals surface area contributed by atoms with Gasteiger partial charge in [-0.05, 0) is 49.7 Å². The lowest BCUT2D eigenvalue weighted by molar-refractivity contribution is -0.198. The summed E-state index contributed by atoms with van der Waals surface area (Å²) in [7, 11) is -1.84. The normalized spacial score (nSPS) is 31.0. The van der Waals surface area contributed by atoms with E-state index in [4.69, 9.17) is 18.6 Å². The molecule has 0 aromatic heterocycles. The summed E-state index contributed by atoms with van der Waals surface area (Å²) in [5.41, 5.74) is 0. The highest BCUT2D eigenvalue weighted by Crippen LogP contribution is 2.43. The van der Waals surface area contributed by atoms with Crippen molar-refractivity contribution in [1.29, 1.82) is 0 Å². The van der Waals surface area contributed by atoms with Crippen LogP contribution < -0.4 is 0 Å². The van der Waals surface area contributed by atoms with E-state index >= 15 is 0 Å². The smallest absolute Gasteiger partial charge is 0.191 e. The van der Waals surface area contributed by atoms with E-state index in [9.17, 15) is 0 Å². The molecule has 2 fully saturated rings. The molecule has 0 spiro atoms. The number of halogens is 1. The molecule has 0 aromatic rings. The summed E-state index contributed by atoms with van der Waals surface area (Å²) < 4.78 is 26.1. The molecule has 29 heavy (non-hydrogen) atoms. The fourth-order valence-electron chi connectivity index (χ4n) is 3.96. The molecule has 0 N–H and O–H groups in total. The maximum atomic E-state index is 6.65. The average Bonchev–Trinajstić information content (AvgIpc) is 2.95. The first kappa shape index (κ1) is 25.3. The van der Waals surface area contributed by atoms with Crippen LogP contribution in [0.4, 0.5) is 0 Å². The first-order chi connectivity index (χ1) is 13.5. The van der Waals surface area contributed by atoms with Crippen molar-refractivity contribution in [2.45, 2.75) is 89.5 Å². The summed E-state index contributed by atoms with van der Waals surface area (Å²) in [5.74, 6) is 0.610. The Morgan fingerprint density at radius 2 is 1.93 bits per heavy atom. The lowest BCUT2D eigenvalue weighted by atomic mass is 9.91. The van der Waals surface area contributed by atoms with E-state index in [0.717, 1.165) is 36.8 Å². The van der Waals surface area contributed by atoms with Crippen LogP contribution in [0, 0.1) is 11.8 Å². The summed E-state index contributed by atoms with van der Waals surface area (Å²) in [5, 5.41) is 0.186. The highest BCUT2D eigenvalue weighted by molar-refractivity contribution is 9.11. The van der Waals surface area contributed by atoms with Gasteiger partial charge in [-0.15, -0.1) is 6.58 Å². The van der Waals surface area contributed by atoms with E-state index < -0.39 is 8.32 Å². The Balaban J connectivity index is 2.14. The van der Waals surface area contributed by atoms with Crippen molar-refractivity contribution in [3.05, 3.63) is 23.7 Å². The van der Waals surface area contributed by atoms with Gasteiger partial charge in [0.05, 0.1) is 18.8 Å². The quantitative estimate of drug-likeness (QED) is 0.262. The second-order valence-electron chi connectivity index (χ2n) is 10.00. The Hall–Kier alpha value is 0.0169. The van der Waals surface area contributed by atoms with Gasteiger partial charge in [-0.25, -0.2) is 0 Å². The van der Waals surface area contributed by atoms with Gasteiger partial charge in [0.2, 0.25) is 0 Å². The molecule has 5 atom stereocenters. The molecule has 2 aliphatic rings. The molecule has 1 saturated carbocycles. The molecule has 1 aliphatic heterocycles. The minimum atomic E-state index is -1.84. The van der Waals surface area contributed by atoms with Gasteiger partial charge >= 0.3 is 0 Å². The fraction of sp³-hybridized carbons (Fsp3) is 0.826. The second-order valence-corrected chi connectivity index (χ2v) is 15.9. The Bertz CT molecular complexity index is 539. The van der Waals surface area contributed by atoms with Gasteiger partial charge in [0.15, 0.2) is 14.6 Å². The van der Waals surface area contributed by atoms with Crippen LogP contribution in [0.25, 0.3) is 0 Å². The zero-order valence-corrected chi connectivity index (χ0v) is 21.6. The Kier molecular flexibility index (Phi) is 9.63. The maximum absolute atomic E-state index is 6.65. The Morgan fingerprint density at radius 1 is 1.21 bits per heavy atom. The van der Waals surface area contributed by atoms with E-state index in [1.807, 2.05) is 6.08 Å². The molecule has 0 aromatic carbocycles. The molecule has 1 unspecified atom stereocenters. The van der Waals surface area contributed by atoms with Crippen LogP contribution in [0.3, 0.4) is 0 Å². The molecular weight excluding hydrogens is 448 g/mol. The first-order valence-electron chi connectivity index (χ1n) is 11.0. The molecule has 1 saturated heterocycles. The number of hydrogen-bond acceptors (Lipinski definition) is 4. The SMILES string of the molecule is C=CC[C@@H]1[C@@H](CO[Si](C)(C)C(C)(C)C)[C@@H](OC2CCCCO2)C[C@@H]1OCC(=C)Br. The lowest BCUT2D eigenvalue weighted by Gasteiger charge is -2.38. The van der Waals surface area contributed by atoms with Crippen molar-refractivity contribution in [2.24, 2.45) is 11.8 Å². The van der Waals surface area contributed by atoms with Crippen molar-refractivity contribution >= 4 is 24.2 Å². The highest BCUT2D eigenvalue weighted by Gasteiger charge is 2.47. The Labute approximate surface area is 187 Å². The lowest BCUT2D eigenvalue weighted by Crippen LogP contribution is -2.44. The number of rotatable bonds is 10. The van der Waals surface area contributed by atoms with E-state index in [0.29, 0.717) is 19.1 Å². The third-order valence-corrected chi connectivity index (χ3v) is 11.5. The molecule has 0 bridgehead atoms. The van der Waals surface area contributed by atoms with E-state index in [1.165, 1.54) is 6.42 Å². The number of ether oxygens (including phenoxy) is 3. The zero-order chi connectivity index (χ0) is 21.7. The molecule has 2 rings (SSSR count). The van der Waals surface area contributed by atoms with Gasteiger partial charge < -0.3 is 18.6 Å². The molecule has 1 heterocycles. The van der Waals surface area contributed by atoms with E-state index in [2.05, 4.69) is 63.0 Å². The summed E-state index contributed by atoms with van der Waals surface area (Å²) in [4.78, 5) is 0. The largest absolute Gasteiger partial charge is 0.416 e. The van der Waals surface area contributed by atoms with Gasteiger partial charge in [-0.1, -0.05) is 49.4 Å². The molecule has 6 heteroatoms. The molecule has 4 nitrogen and oxygen atoms in total. The molecule has 1 aliphatic carbocycles. The minimum absolute atomic E-state index is 0.0846. The predicted octanol–water partition coefficient (Wildman–Crippen LogP) is 6.43. The van der Waals surface area contributed by atoms with Gasteiger partial charge in [-0.3, -0.25) is 0 Å². The number of allylic oxidation sites excluding steroid dienone is 1. The van der Waals surface area contributed by atoms with Crippen molar-refractivity contribution in [3.63, 3.8) is 0 Å². The molecular formula is C23H41BrO4Si. The average molecular weight is 490 g/mol. The van der Waals surface area contributed by atoms with Crippen LogP contribution in [0.2, 0.25) is 18.1 Å². The summed E-state index contributed by atoms with van der Waals surface area (Å²) in [6.45, 7) is 21.4. The molecule has 168 valence electrons.